The minimum Gasteiger partial charge on any atom is -0.316 e. The number of hydrogen-bond acceptors (Lipinski definition) is 2. The molecule has 1 heterocycles. The lowest BCUT2D eigenvalue weighted by atomic mass is 10.1. The molecular formula is C17H23N3. The normalized spacial score (nSPS) is 14.7. The van der Waals surface area contributed by atoms with Crippen molar-refractivity contribution in [1.29, 1.82) is 0 Å². The highest BCUT2D eigenvalue weighted by Gasteiger charge is 2.29. The van der Waals surface area contributed by atoms with Crippen molar-refractivity contribution in [2.24, 2.45) is 0 Å². The van der Waals surface area contributed by atoms with Gasteiger partial charge < -0.3 is 5.32 Å². The fourth-order valence-corrected chi connectivity index (χ4v) is 2.85. The molecule has 0 unspecified atom stereocenters. The van der Waals surface area contributed by atoms with Crippen molar-refractivity contribution in [2.45, 2.75) is 44.7 Å². The lowest BCUT2D eigenvalue weighted by molar-refractivity contribution is 0.553. The van der Waals surface area contributed by atoms with Crippen LogP contribution in [0.15, 0.2) is 36.5 Å². The molecule has 0 bridgehead atoms. The number of rotatable bonds is 7. The van der Waals surface area contributed by atoms with Crippen LogP contribution in [0.4, 0.5) is 0 Å². The van der Waals surface area contributed by atoms with Crippen molar-refractivity contribution in [1.82, 2.24) is 15.1 Å². The van der Waals surface area contributed by atoms with Crippen LogP contribution in [-0.4, -0.2) is 16.8 Å². The summed E-state index contributed by atoms with van der Waals surface area (Å²) in [6, 6.07) is 10.7. The van der Waals surface area contributed by atoms with Gasteiger partial charge in [0.15, 0.2) is 0 Å². The zero-order chi connectivity index (χ0) is 13.8. The van der Waals surface area contributed by atoms with Crippen molar-refractivity contribution in [2.75, 3.05) is 7.05 Å². The molecule has 106 valence electrons. The summed E-state index contributed by atoms with van der Waals surface area (Å²) in [4.78, 5) is 0. The van der Waals surface area contributed by atoms with Gasteiger partial charge in [-0.1, -0.05) is 30.3 Å². The van der Waals surface area contributed by atoms with Crippen LogP contribution in [0.2, 0.25) is 0 Å². The van der Waals surface area contributed by atoms with E-state index in [4.69, 9.17) is 0 Å². The second kappa shape index (κ2) is 6.23. The summed E-state index contributed by atoms with van der Waals surface area (Å²) < 4.78 is 2.24. The molecule has 20 heavy (non-hydrogen) atoms. The molecule has 0 spiro atoms. The topological polar surface area (TPSA) is 29.9 Å². The Bertz CT molecular complexity index is 541. The molecule has 1 fully saturated rings. The van der Waals surface area contributed by atoms with Crippen molar-refractivity contribution in [3.05, 3.63) is 53.3 Å². The maximum atomic E-state index is 4.60. The predicted octanol–water partition coefficient (Wildman–Crippen LogP) is 3.11. The summed E-state index contributed by atoms with van der Waals surface area (Å²) in [6.07, 6.45) is 7.01. The molecule has 0 atom stereocenters. The first-order valence-electron chi connectivity index (χ1n) is 7.61. The van der Waals surface area contributed by atoms with Crippen molar-refractivity contribution in [3.8, 4) is 0 Å². The quantitative estimate of drug-likeness (QED) is 0.837. The number of nitrogens with one attached hydrogen (secondary N) is 1. The summed E-state index contributed by atoms with van der Waals surface area (Å²) in [5.41, 5.74) is 4.28. The molecule has 0 amide bonds. The van der Waals surface area contributed by atoms with Gasteiger partial charge in [-0.25, -0.2) is 0 Å². The Morgan fingerprint density at radius 1 is 1.25 bits per heavy atom. The van der Waals surface area contributed by atoms with Crippen LogP contribution in [0, 0.1) is 0 Å². The maximum absolute atomic E-state index is 4.60. The second-order valence-corrected chi connectivity index (χ2v) is 5.67. The standard InChI is InChI=1S/C17H23N3/c1-18-12-16-13-19-20(17(16)15-9-10-15)11-5-8-14-6-3-2-4-7-14/h2-4,6-7,13,15,18H,5,8-12H2,1H3. The molecule has 1 saturated carbocycles. The van der Waals surface area contributed by atoms with Gasteiger partial charge in [-0.05, 0) is 38.3 Å². The lowest BCUT2D eigenvalue weighted by Crippen LogP contribution is -2.10. The Morgan fingerprint density at radius 3 is 2.75 bits per heavy atom. The molecule has 3 rings (SSSR count). The zero-order valence-electron chi connectivity index (χ0n) is 12.2. The average Bonchev–Trinajstić information content (AvgIpc) is 3.24. The van der Waals surface area contributed by atoms with Gasteiger partial charge in [-0.15, -0.1) is 0 Å². The molecule has 2 aromatic rings. The summed E-state index contributed by atoms with van der Waals surface area (Å²) in [7, 11) is 2.00. The van der Waals surface area contributed by atoms with E-state index in [1.54, 1.807) is 0 Å². The van der Waals surface area contributed by atoms with Gasteiger partial charge in [-0.3, -0.25) is 4.68 Å². The third kappa shape index (κ3) is 3.10. The number of hydrogen-bond donors (Lipinski definition) is 1. The minimum absolute atomic E-state index is 0.762. The van der Waals surface area contributed by atoms with Crippen LogP contribution in [0.3, 0.4) is 0 Å². The van der Waals surface area contributed by atoms with E-state index in [0.29, 0.717) is 0 Å². The number of aromatic nitrogens is 2. The average molecular weight is 269 g/mol. The van der Waals surface area contributed by atoms with E-state index < -0.39 is 0 Å². The first kappa shape index (κ1) is 13.4. The molecule has 1 aliphatic carbocycles. The van der Waals surface area contributed by atoms with Gasteiger partial charge in [0.05, 0.1) is 6.20 Å². The first-order chi connectivity index (χ1) is 9.88. The third-order valence-electron chi connectivity index (χ3n) is 3.97. The predicted molar refractivity (Wildman–Crippen MR) is 81.7 cm³/mol. The largest absolute Gasteiger partial charge is 0.316 e. The van der Waals surface area contributed by atoms with E-state index in [1.165, 1.54) is 29.7 Å². The molecule has 3 nitrogen and oxygen atoms in total. The lowest BCUT2D eigenvalue weighted by Gasteiger charge is -2.09. The van der Waals surface area contributed by atoms with E-state index in [-0.39, 0.29) is 0 Å². The summed E-state index contributed by atoms with van der Waals surface area (Å²) in [6.45, 7) is 1.97. The van der Waals surface area contributed by atoms with Gasteiger partial charge in [0.25, 0.3) is 0 Å². The highest BCUT2D eigenvalue weighted by molar-refractivity contribution is 5.25. The molecule has 1 aliphatic rings. The van der Waals surface area contributed by atoms with E-state index in [9.17, 15) is 0 Å². The third-order valence-corrected chi connectivity index (χ3v) is 3.97. The number of aryl methyl sites for hydroxylation is 2. The van der Waals surface area contributed by atoms with Crippen molar-refractivity contribution >= 4 is 0 Å². The van der Waals surface area contributed by atoms with Crippen molar-refractivity contribution < 1.29 is 0 Å². The molecule has 0 radical (unpaired) electrons. The summed E-state index contributed by atoms with van der Waals surface area (Å²) >= 11 is 0. The monoisotopic (exact) mass is 269 g/mol. The molecule has 3 heteroatoms. The Morgan fingerprint density at radius 2 is 2.05 bits per heavy atom. The Labute approximate surface area is 121 Å². The van der Waals surface area contributed by atoms with E-state index in [0.717, 1.165) is 31.8 Å². The van der Waals surface area contributed by atoms with Crippen LogP contribution in [0.25, 0.3) is 0 Å². The number of benzene rings is 1. The van der Waals surface area contributed by atoms with E-state index in [1.807, 2.05) is 13.2 Å². The fourth-order valence-electron chi connectivity index (χ4n) is 2.85. The van der Waals surface area contributed by atoms with Gasteiger partial charge in [-0.2, -0.15) is 5.10 Å². The second-order valence-electron chi connectivity index (χ2n) is 5.67. The fraction of sp³-hybridized carbons (Fsp3) is 0.471. The first-order valence-corrected chi connectivity index (χ1v) is 7.61. The van der Waals surface area contributed by atoms with Crippen molar-refractivity contribution in [3.63, 3.8) is 0 Å². The van der Waals surface area contributed by atoms with Crippen LogP contribution in [0.5, 0.6) is 0 Å². The summed E-state index contributed by atoms with van der Waals surface area (Å²) in [5.74, 6) is 0.762. The highest BCUT2D eigenvalue weighted by Crippen LogP contribution is 2.41. The molecular weight excluding hydrogens is 246 g/mol. The van der Waals surface area contributed by atoms with Gasteiger partial charge >= 0.3 is 0 Å². The molecule has 0 saturated heterocycles. The summed E-state index contributed by atoms with van der Waals surface area (Å²) in [5, 5.41) is 7.85. The smallest absolute Gasteiger partial charge is 0.0537 e. The maximum Gasteiger partial charge on any atom is 0.0537 e. The number of nitrogens with zero attached hydrogens (tertiary/aromatic N) is 2. The van der Waals surface area contributed by atoms with Gasteiger partial charge in [0.1, 0.15) is 0 Å². The molecule has 1 aromatic heterocycles. The van der Waals surface area contributed by atoms with Gasteiger partial charge in [0.2, 0.25) is 0 Å². The minimum atomic E-state index is 0.762. The molecule has 1 N–H and O–H groups in total. The molecule has 0 aliphatic heterocycles. The molecule has 1 aromatic carbocycles. The van der Waals surface area contributed by atoms with E-state index in [2.05, 4.69) is 45.4 Å². The van der Waals surface area contributed by atoms with Crippen LogP contribution < -0.4 is 5.32 Å². The van der Waals surface area contributed by atoms with Crippen LogP contribution >= 0.6 is 0 Å². The Kier molecular flexibility index (Phi) is 4.16. The van der Waals surface area contributed by atoms with Crippen LogP contribution in [-0.2, 0) is 19.5 Å². The van der Waals surface area contributed by atoms with Crippen LogP contribution in [0.1, 0.15) is 42.0 Å². The van der Waals surface area contributed by atoms with Gasteiger partial charge in [0, 0.05) is 30.3 Å². The SMILES string of the molecule is CNCc1cnn(CCCc2ccccc2)c1C1CC1. The van der Waals surface area contributed by atoms with E-state index >= 15 is 0 Å². The Hall–Kier alpha value is -1.61. The Balaban J connectivity index is 1.62. The highest BCUT2D eigenvalue weighted by atomic mass is 15.3. The zero-order valence-corrected chi connectivity index (χ0v) is 12.2.